The number of rotatable bonds is 2. The van der Waals surface area contributed by atoms with Gasteiger partial charge in [0.1, 0.15) is 12.1 Å². The van der Waals surface area contributed by atoms with E-state index in [0.717, 1.165) is 68.1 Å². The molecular formula is C16H21N5OS. The molecule has 1 atom stereocenters. The minimum atomic E-state index is 0.165. The number of piperidine rings is 1. The van der Waals surface area contributed by atoms with Crippen molar-refractivity contribution in [1.29, 1.82) is 0 Å². The molecule has 1 unspecified atom stereocenters. The second kappa shape index (κ2) is 6.41. The van der Waals surface area contributed by atoms with Crippen molar-refractivity contribution < 1.29 is 4.79 Å². The lowest BCUT2D eigenvalue weighted by Crippen LogP contribution is -2.52. The topological polar surface area (TPSA) is 61.4 Å². The molecule has 7 heteroatoms. The van der Waals surface area contributed by atoms with Crippen LogP contribution < -0.4 is 10.2 Å². The third kappa shape index (κ3) is 2.90. The van der Waals surface area contributed by atoms with E-state index in [9.17, 15) is 4.79 Å². The summed E-state index contributed by atoms with van der Waals surface area (Å²) in [5.74, 6) is 1.50. The Morgan fingerprint density at radius 3 is 2.91 bits per heavy atom. The lowest BCUT2D eigenvalue weighted by Gasteiger charge is -2.37. The second-order valence-corrected chi connectivity index (χ2v) is 7.10. The molecule has 2 fully saturated rings. The Hall–Kier alpha value is -1.73. The normalized spacial score (nSPS) is 22.5. The molecule has 2 aromatic rings. The number of fused-ring (bicyclic) bond motifs is 1. The molecule has 2 aliphatic rings. The molecule has 1 N–H and O–H groups in total. The maximum absolute atomic E-state index is 12.6. The van der Waals surface area contributed by atoms with Crippen LogP contribution in [0.5, 0.6) is 0 Å². The van der Waals surface area contributed by atoms with E-state index in [1.165, 1.54) is 0 Å². The molecule has 0 saturated carbocycles. The van der Waals surface area contributed by atoms with Gasteiger partial charge in [-0.15, -0.1) is 11.3 Å². The van der Waals surface area contributed by atoms with E-state index in [1.807, 2.05) is 11.0 Å². The number of hydrogen-bond donors (Lipinski definition) is 1. The van der Waals surface area contributed by atoms with E-state index in [0.29, 0.717) is 5.91 Å². The third-order valence-corrected chi connectivity index (χ3v) is 5.66. The van der Waals surface area contributed by atoms with Crippen LogP contribution in [-0.4, -0.2) is 60.0 Å². The predicted octanol–water partition coefficient (Wildman–Crippen LogP) is 1.34. The molecule has 0 bridgehead atoms. The fourth-order valence-corrected chi connectivity index (χ4v) is 4.32. The zero-order valence-electron chi connectivity index (χ0n) is 13.1. The summed E-state index contributed by atoms with van der Waals surface area (Å²) in [6, 6.07) is 2.03. The largest absolute Gasteiger partial charge is 0.352 e. The monoisotopic (exact) mass is 331 g/mol. The molecule has 2 saturated heterocycles. The van der Waals surface area contributed by atoms with E-state index in [-0.39, 0.29) is 5.92 Å². The highest BCUT2D eigenvalue weighted by Crippen LogP contribution is 2.28. The number of aromatic nitrogens is 2. The number of piperazine rings is 1. The van der Waals surface area contributed by atoms with Crippen molar-refractivity contribution in [3.8, 4) is 0 Å². The first-order valence-corrected chi connectivity index (χ1v) is 9.13. The summed E-state index contributed by atoms with van der Waals surface area (Å²) in [5, 5.41) is 5.39. The molecule has 0 radical (unpaired) electrons. The van der Waals surface area contributed by atoms with Crippen LogP contribution in [0.1, 0.15) is 12.8 Å². The van der Waals surface area contributed by atoms with Crippen molar-refractivity contribution in [2.45, 2.75) is 12.8 Å². The molecule has 122 valence electrons. The summed E-state index contributed by atoms with van der Waals surface area (Å²) in [6.07, 6.45) is 3.76. The first-order valence-electron chi connectivity index (χ1n) is 8.25. The number of hydrogen-bond acceptors (Lipinski definition) is 6. The number of thiophene rings is 1. The van der Waals surface area contributed by atoms with E-state index < -0.39 is 0 Å². The number of amides is 1. The highest BCUT2D eigenvalue weighted by molar-refractivity contribution is 7.17. The van der Waals surface area contributed by atoms with Crippen LogP contribution in [0.25, 0.3) is 10.2 Å². The van der Waals surface area contributed by atoms with Gasteiger partial charge in [0.15, 0.2) is 0 Å². The quantitative estimate of drug-likeness (QED) is 0.900. The van der Waals surface area contributed by atoms with Gasteiger partial charge in [-0.2, -0.15) is 0 Å². The van der Waals surface area contributed by atoms with Gasteiger partial charge in [0, 0.05) is 32.7 Å². The zero-order valence-corrected chi connectivity index (χ0v) is 13.9. The van der Waals surface area contributed by atoms with Crippen LogP contribution in [0.15, 0.2) is 17.8 Å². The maximum Gasteiger partial charge on any atom is 0.227 e. The highest BCUT2D eigenvalue weighted by atomic mass is 32.1. The lowest BCUT2D eigenvalue weighted by molar-refractivity contribution is -0.136. The van der Waals surface area contributed by atoms with Gasteiger partial charge in [-0.3, -0.25) is 4.79 Å². The highest BCUT2D eigenvalue weighted by Gasteiger charge is 2.29. The van der Waals surface area contributed by atoms with Gasteiger partial charge < -0.3 is 15.1 Å². The third-order valence-electron chi connectivity index (χ3n) is 4.76. The Balaban J connectivity index is 1.42. The summed E-state index contributed by atoms with van der Waals surface area (Å²) < 4.78 is 1.14. The maximum atomic E-state index is 12.6. The van der Waals surface area contributed by atoms with Crippen LogP contribution in [0.2, 0.25) is 0 Å². The number of nitrogens with zero attached hydrogens (tertiary/aromatic N) is 4. The molecule has 4 heterocycles. The Morgan fingerprint density at radius 2 is 2.13 bits per heavy atom. The first-order chi connectivity index (χ1) is 11.3. The molecule has 0 spiro atoms. The fourth-order valence-electron chi connectivity index (χ4n) is 3.46. The van der Waals surface area contributed by atoms with E-state index in [4.69, 9.17) is 0 Å². The summed E-state index contributed by atoms with van der Waals surface area (Å²) in [5.41, 5.74) is 1.01. The Kier molecular flexibility index (Phi) is 4.13. The van der Waals surface area contributed by atoms with Crippen molar-refractivity contribution in [2.24, 2.45) is 5.92 Å². The predicted molar refractivity (Wildman–Crippen MR) is 91.8 cm³/mol. The van der Waals surface area contributed by atoms with E-state index in [2.05, 4.69) is 25.6 Å². The van der Waals surface area contributed by atoms with Crippen LogP contribution in [0.3, 0.4) is 0 Å². The number of carbonyl (C=O) groups is 1. The molecule has 6 nitrogen and oxygen atoms in total. The van der Waals surface area contributed by atoms with Crippen molar-refractivity contribution >= 4 is 33.3 Å². The minimum Gasteiger partial charge on any atom is -0.352 e. The Labute approximate surface area is 139 Å². The van der Waals surface area contributed by atoms with Gasteiger partial charge in [0.05, 0.1) is 16.1 Å². The van der Waals surface area contributed by atoms with Crippen LogP contribution in [0.4, 0.5) is 5.82 Å². The standard InChI is InChI=1S/C16H21N5OS/c22-16(12-2-1-4-17-10-12)21-7-5-20(6-8-21)15-14-13(3-9-23-14)18-11-19-15/h3,9,11-12,17H,1-2,4-8,10H2. The van der Waals surface area contributed by atoms with Crippen molar-refractivity contribution in [2.75, 3.05) is 44.2 Å². The number of anilines is 1. The average Bonchev–Trinajstić information content (AvgIpc) is 3.11. The van der Waals surface area contributed by atoms with Gasteiger partial charge in [-0.25, -0.2) is 9.97 Å². The van der Waals surface area contributed by atoms with Crippen LogP contribution in [-0.2, 0) is 4.79 Å². The second-order valence-electron chi connectivity index (χ2n) is 6.19. The molecule has 0 aromatic carbocycles. The van der Waals surface area contributed by atoms with Gasteiger partial charge in [0.2, 0.25) is 5.91 Å². The van der Waals surface area contributed by atoms with Gasteiger partial charge in [-0.1, -0.05) is 0 Å². The molecule has 4 rings (SSSR count). The lowest BCUT2D eigenvalue weighted by atomic mass is 9.98. The van der Waals surface area contributed by atoms with E-state index in [1.54, 1.807) is 17.7 Å². The van der Waals surface area contributed by atoms with Crippen LogP contribution >= 0.6 is 11.3 Å². The molecule has 23 heavy (non-hydrogen) atoms. The average molecular weight is 331 g/mol. The smallest absolute Gasteiger partial charge is 0.227 e. The molecule has 0 aliphatic carbocycles. The molecule has 2 aliphatic heterocycles. The number of nitrogens with one attached hydrogen (secondary N) is 1. The van der Waals surface area contributed by atoms with Crippen molar-refractivity contribution in [3.05, 3.63) is 17.8 Å². The number of carbonyl (C=O) groups excluding carboxylic acids is 1. The first kappa shape index (κ1) is 14.8. The van der Waals surface area contributed by atoms with E-state index >= 15 is 0 Å². The summed E-state index contributed by atoms with van der Waals surface area (Å²) >= 11 is 1.68. The van der Waals surface area contributed by atoms with Gasteiger partial charge in [-0.05, 0) is 30.8 Å². The summed E-state index contributed by atoms with van der Waals surface area (Å²) in [6.45, 7) is 5.13. The summed E-state index contributed by atoms with van der Waals surface area (Å²) in [7, 11) is 0. The molecule has 1 amide bonds. The van der Waals surface area contributed by atoms with Crippen LogP contribution in [0, 0.1) is 5.92 Å². The van der Waals surface area contributed by atoms with Crippen molar-refractivity contribution in [1.82, 2.24) is 20.2 Å². The fraction of sp³-hybridized carbons (Fsp3) is 0.562. The molecule has 2 aromatic heterocycles. The van der Waals surface area contributed by atoms with Gasteiger partial charge >= 0.3 is 0 Å². The molecular weight excluding hydrogens is 310 g/mol. The zero-order chi connectivity index (χ0) is 15.6. The Bertz CT molecular complexity index is 689. The van der Waals surface area contributed by atoms with Gasteiger partial charge in [0.25, 0.3) is 0 Å². The van der Waals surface area contributed by atoms with Crippen molar-refractivity contribution in [3.63, 3.8) is 0 Å². The SMILES string of the molecule is O=C(C1CCCNC1)N1CCN(c2ncnc3ccsc23)CC1. The summed E-state index contributed by atoms with van der Waals surface area (Å²) in [4.78, 5) is 25.7. The Morgan fingerprint density at radius 1 is 1.26 bits per heavy atom. The minimum absolute atomic E-state index is 0.165.